The molecule has 1 fully saturated rings. The molecule has 1 atom stereocenters. The first-order valence-electron chi connectivity index (χ1n) is 6.20. The monoisotopic (exact) mass is 280 g/mol. The fourth-order valence-electron chi connectivity index (χ4n) is 2.97. The third kappa shape index (κ3) is 1.84. The Kier molecular flexibility index (Phi) is 2.65. The van der Waals surface area contributed by atoms with Crippen LogP contribution in [0.1, 0.15) is 25.5 Å². The second-order valence-electron chi connectivity index (χ2n) is 5.14. The van der Waals surface area contributed by atoms with Gasteiger partial charge in [-0.05, 0) is 25.8 Å². The molecule has 19 heavy (non-hydrogen) atoms. The fraction of sp³-hybridized carbons (Fsp3) is 0.500. The molecule has 3 heterocycles. The van der Waals surface area contributed by atoms with Crippen molar-refractivity contribution in [2.75, 3.05) is 12.8 Å². The van der Waals surface area contributed by atoms with Gasteiger partial charge in [-0.15, -0.1) is 0 Å². The zero-order chi connectivity index (χ0) is 13.7. The van der Waals surface area contributed by atoms with E-state index >= 15 is 0 Å². The number of aromatic nitrogens is 3. The van der Waals surface area contributed by atoms with Crippen molar-refractivity contribution in [3.05, 3.63) is 30.2 Å². The van der Waals surface area contributed by atoms with Crippen molar-refractivity contribution in [1.82, 2.24) is 18.9 Å². The number of sulfonamides is 1. The zero-order valence-corrected chi connectivity index (χ0v) is 11.8. The average Bonchev–Trinajstić information content (AvgIpc) is 2.93. The SMILES string of the molecule is C[C@]1(c2ccnc3ccnn23)CCCN1S(C)(=O)=O. The van der Waals surface area contributed by atoms with Crippen LogP contribution in [0.15, 0.2) is 24.5 Å². The molecule has 0 unspecified atom stereocenters. The van der Waals surface area contributed by atoms with E-state index in [-0.39, 0.29) is 0 Å². The van der Waals surface area contributed by atoms with Gasteiger partial charge in [0.1, 0.15) is 0 Å². The summed E-state index contributed by atoms with van der Waals surface area (Å²) in [5, 5.41) is 4.26. The van der Waals surface area contributed by atoms with E-state index in [1.54, 1.807) is 21.2 Å². The van der Waals surface area contributed by atoms with Crippen LogP contribution in [0.5, 0.6) is 0 Å². The Bertz CT molecular complexity index is 724. The Hall–Kier alpha value is -1.47. The molecule has 0 saturated carbocycles. The molecule has 0 amide bonds. The molecule has 6 nitrogen and oxygen atoms in total. The molecule has 2 aromatic heterocycles. The normalized spacial score (nSPS) is 25.2. The Morgan fingerprint density at radius 1 is 1.32 bits per heavy atom. The minimum atomic E-state index is -3.24. The first-order valence-corrected chi connectivity index (χ1v) is 8.05. The van der Waals surface area contributed by atoms with Gasteiger partial charge in [-0.3, -0.25) is 0 Å². The summed E-state index contributed by atoms with van der Waals surface area (Å²) in [5.41, 5.74) is 1.05. The van der Waals surface area contributed by atoms with E-state index in [4.69, 9.17) is 0 Å². The highest BCUT2D eigenvalue weighted by Gasteiger charge is 2.44. The van der Waals surface area contributed by atoms with E-state index in [0.717, 1.165) is 24.2 Å². The number of nitrogens with zero attached hydrogens (tertiary/aromatic N) is 4. The van der Waals surface area contributed by atoms with Crippen LogP contribution < -0.4 is 0 Å². The highest BCUT2D eigenvalue weighted by molar-refractivity contribution is 7.88. The molecule has 0 radical (unpaired) electrons. The van der Waals surface area contributed by atoms with Crippen LogP contribution in [0.25, 0.3) is 5.65 Å². The van der Waals surface area contributed by atoms with Gasteiger partial charge in [0.25, 0.3) is 0 Å². The standard InChI is InChI=1S/C12H16N4O2S/c1-12(6-3-9-15(12)19(2,17)18)10-4-7-13-11-5-8-14-16(10)11/h4-5,7-8H,3,6,9H2,1-2H3/t12-/m1/s1. The number of fused-ring (bicyclic) bond motifs is 1. The molecule has 3 rings (SSSR count). The molecule has 0 bridgehead atoms. The predicted molar refractivity (Wildman–Crippen MR) is 71.1 cm³/mol. The highest BCUT2D eigenvalue weighted by atomic mass is 32.2. The molecule has 1 aliphatic heterocycles. The minimum absolute atomic E-state index is 0.555. The van der Waals surface area contributed by atoms with Gasteiger partial charge >= 0.3 is 0 Å². The molecule has 0 N–H and O–H groups in total. The van der Waals surface area contributed by atoms with Crippen LogP contribution in [0.2, 0.25) is 0 Å². The second-order valence-corrected chi connectivity index (χ2v) is 7.05. The summed E-state index contributed by atoms with van der Waals surface area (Å²) in [4.78, 5) is 4.22. The molecule has 2 aromatic rings. The fourth-order valence-corrected chi connectivity index (χ4v) is 4.35. The molecule has 102 valence electrons. The van der Waals surface area contributed by atoms with Gasteiger partial charge in [-0.25, -0.2) is 17.9 Å². The van der Waals surface area contributed by atoms with Crippen molar-refractivity contribution in [2.24, 2.45) is 0 Å². The lowest BCUT2D eigenvalue weighted by atomic mass is 9.95. The molecule has 1 aliphatic rings. The van der Waals surface area contributed by atoms with Crippen molar-refractivity contribution in [3.8, 4) is 0 Å². The third-order valence-corrected chi connectivity index (χ3v) is 5.20. The van der Waals surface area contributed by atoms with E-state index in [2.05, 4.69) is 10.1 Å². The minimum Gasteiger partial charge on any atom is -0.237 e. The van der Waals surface area contributed by atoms with Crippen LogP contribution in [0.3, 0.4) is 0 Å². The maximum Gasteiger partial charge on any atom is 0.212 e. The van der Waals surface area contributed by atoms with E-state index in [0.29, 0.717) is 6.54 Å². The third-order valence-electron chi connectivity index (χ3n) is 3.82. The second kappa shape index (κ2) is 4.01. The van der Waals surface area contributed by atoms with Crippen molar-refractivity contribution in [3.63, 3.8) is 0 Å². The number of hydrogen-bond acceptors (Lipinski definition) is 4. The summed E-state index contributed by atoms with van der Waals surface area (Å²) < 4.78 is 27.2. The van der Waals surface area contributed by atoms with Crippen molar-refractivity contribution < 1.29 is 8.42 Å². The van der Waals surface area contributed by atoms with Gasteiger partial charge in [-0.1, -0.05) is 0 Å². The lowest BCUT2D eigenvalue weighted by Crippen LogP contribution is -2.43. The van der Waals surface area contributed by atoms with Crippen molar-refractivity contribution in [1.29, 1.82) is 0 Å². The van der Waals surface area contributed by atoms with Gasteiger partial charge in [0.2, 0.25) is 10.0 Å². The lowest BCUT2D eigenvalue weighted by molar-refractivity contribution is 0.260. The summed E-state index contributed by atoms with van der Waals surface area (Å²) in [7, 11) is -3.24. The topological polar surface area (TPSA) is 67.6 Å². The summed E-state index contributed by atoms with van der Waals surface area (Å²) in [6.07, 6.45) is 6.29. The molecule has 0 spiro atoms. The molecule has 0 aliphatic carbocycles. The summed E-state index contributed by atoms with van der Waals surface area (Å²) >= 11 is 0. The van der Waals surface area contributed by atoms with Crippen molar-refractivity contribution >= 4 is 15.7 Å². The molecular formula is C12H16N4O2S. The molecule has 1 saturated heterocycles. The molecular weight excluding hydrogens is 264 g/mol. The Morgan fingerprint density at radius 2 is 2.11 bits per heavy atom. The predicted octanol–water partition coefficient (Wildman–Crippen LogP) is 1.000. The van der Waals surface area contributed by atoms with Crippen LogP contribution >= 0.6 is 0 Å². The molecule has 7 heteroatoms. The lowest BCUT2D eigenvalue weighted by Gasteiger charge is -2.33. The van der Waals surface area contributed by atoms with E-state index < -0.39 is 15.6 Å². The van der Waals surface area contributed by atoms with Crippen LogP contribution in [0.4, 0.5) is 0 Å². The smallest absolute Gasteiger partial charge is 0.212 e. The zero-order valence-electron chi connectivity index (χ0n) is 10.9. The van der Waals surface area contributed by atoms with E-state index in [1.807, 2.05) is 19.1 Å². The van der Waals surface area contributed by atoms with Crippen molar-refractivity contribution in [2.45, 2.75) is 25.3 Å². The van der Waals surface area contributed by atoms with Crippen LogP contribution in [-0.4, -0.2) is 40.1 Å². The van der Waals surface area contributed by atoms with E-state index in [1.165, 1.54) is 6.26 Å². The van der Waals surface area contributed by atoms with Crippen LogP contribution in [0, 0.1) is 0 Å². The summed E-state index contributed by atoms with van der Waals surface area (Å²) in [5.74, 6) is 0. The largest absolute Gasteiger partial charge is 0.237 e. The Balaban J connectivity index is 2.22. The van der Waals surface area contributed by atoms with Gasteiger partial charge < -0.3 is 0 Å². The van der Waals surface area contributed by atoms with Crippen LogP contribution in [-0.2, 0) is 15.6 Å². The van der Waals surface area contributed by atoms with Gasteiger partial charge in [0.05, 0.1) is 23.7 Å². The maximum atomic E-state index is 12.0. The first-order chi connectivity index (χ1) is 8.93. The Labute approximate surface area is 112 Å². The summed E-state index contributed by atoms with van der Waals surface area (Å²) in [6.45, 7) is 2.51. The van der Waals surface area contributed by atoms with Gasteiger partial charge in [-0.2, -0.15) is 9.40 Å². The highest BCUT2D eigenvalue weighted by Crippen LogP contribution is 2.39. The van der Waals surface area contributed by atoms with Gasteiger partial charge in [0, 0.05) is 18.8 Å². The number of hydrogen-bond donors (Lipinski definition) is 0. The van der Waals surface area contributed by atoms with Gasteiger partial charge in [0.15, 0.2) is 5.65 Å². The Morgan fingerprint density at radius 3 is 2.84 bits per heavy atom. The summed E-state index contributed by atoms with van der Waals surface area (Å²) in [6, 6.07) is 3.66. The number of rotatable bonds is 2. The average molecular weight is 280 g/mol. The van der Waals surface area contributed by atoms with E-state index in [9.17, 15) is 8.42 Å². The maximum absolute atomic E-state index is 12.0. The molecule has 0 aromatic carbocycles. The first kappa shape index (κ1) is 12.6. The quantitative estimate of drug-likeness (QED) is 0.823.